The summed E-state index contributed by atoms with van der Waals surface area (Å²) in [7, 11) is 1.78. The Morgan fingerprint density at radius 3 is 2.16 bits per heavy atom. The molecule has 0 bridgehead atoms. The summed E-state index contributed by atoms with van der Waals surface area (Å²) in [5, 5.41) is 0. The summed E-state index contributed by atoms with van der Waals surface area (Å²) in [6.45, 7) is 0.771. The molecule has 2 aliphatic rings. The molecule has 0 atom stereocenters. The average molecular weight is 341 g/mol. The van der Waals surface area contributed by atoms with Gasteiger partial charge in [-0.1, -0.05) is 55.3 Å². The fourth-order valence-electron chi connectivity index (χ4n) is 5.12. The summed E-state index contributed by atoms with van der Waals surface area (Å²) in [6.07, 6.45) is 18.9. The zero-order valence-electron chi connectivity index (χ0n) is 16.0. The predicted octanol–water partition coefficient (Wildman–Crippen LogP) is 6.43. The molecule has 0 saturated heterocycles. The molecule has 2 fully saturated rings. The quantitative estimate of drug-likeness (QED) is 0.519. The number of benzene rings is 1. The highest BCUT2D eigenvalue weighted by Crippen LogP contribution is 2.42. The molecule has 0 heterocycles. The molecule has 1 nitrogen and oxygen atoms in total. The first-order valence-electron chi connectivity index (χ1n) is 10.5. The molecule has 0 amide bonds. The van der Waals surface area contributed by atoms with Crippen molar-refractivity contribution in [3.05, 3.63) is 48.0 Å². The molecule has 0 spiro atoms. The van der Waals surface area contributed by atoms with E-state index in [1.165, 1.54) is 69.8 Å². The second kappa shape index (κ2) is 10.2. The molecule has 138 valence electrons. The second-order valence-electron chi connectivity index (χ2n) is 8.36. The third kappa shape index (κ3) is 5.99. The maximum atomic E-state index is 5.12. The van der Waals surface area contributed by atoms with Gasteiger partial charge in [0.15, 0.2) is 0 Å². The highest BCUT2D eigenvalue weighted by Gasteiger charge is 2.30. The first-order chi connectivity index (χ1) is 12.3. The molecule has 0 aromatic heterocycles. The van der Waals surface area contributed by atoms with Gasteiger partial charge in [-0.25, -0.2) is 0 Å². The van der Waals surface area contributed by atoms with Gasteiger partial charge < -0.3 is 4.74 Å². The minimum Gasteiger partial charge on any atom is -0.381 e. The van der Waals surface area contributed by atoms with Crippen LogP contribution in [0, 0.1) is 23.7 Å². The lowest BCUT2D eigenvalue weighted by atomic mass is 9.68. The van der Waals surface area contributed by atoms with Gasteiger partial charge in [-0.2, -0.15) is 0 Å². The van der Waals surface area contributed by atoms with Crippen LogP contribution in [-0.4, -0.2) is 13.7 Å². The third-order valence-electron chi connectivity index (χ3n) is 6.73. The van der Waals surface area contributed by atoms with Crippen LogP contribution < -0.4 is 0 Å². The van der Waals surface area contributed by atoms with Crippen LogP contribution in [0.25, 0.3) is 0 Å². The zero-order valence-corrected chi connectivity index (χ0v) is 16.0. The fraction of sp³-hybridized carbons (Fsp3) is 0.667. The van der Waals surface area contributed by atoms with Gasteiger partial charge in [0.2, 0.25) is 0 Å². The second-order valence-corrected chi connectivity index (χ2v) is 8.36. The van der Waals surface area contributed by atoms with Crippen LogP contribution in [0.2, 0.25) is 0 Å². The van der Waals surface area contributed by atoms with Crippen molar-refractivity contribution in [1.29, 1.82) is 0 Å². The fourth-order valence-corrected chi connectivity index (χ4v) is 5.12. The molecular formula is C24H36O. The lowest BCUT2D eigenvalue weighted by molar-refractivity contribution is 0.152. The zero-order chi connectivity index (χ0) is 17.3. The Kier molecular flexibility index (Phi) is 7.60. The topological polar surface area (TPSA) is 9.23 Å². The lowest BCUT2D eigenvalue weighted by Gasteiger charge is -2.37. The van der Waals surface area contributed by atoms with E-state index in [4.69, 9.17) is 4.74 Å². The minimum absolute atomic E-state index is 0.771. The highest BCUT2D eigenvalue weighted by molar-refractivity contribution is 5.14. The van der Waals surface area contributed by atoms with Crippen molar-refractivity contribution < 1.29 is 4.74 Å². The van der Waals surface area contributed by atoms with Crippen molar-refractivity contribution in [2.45, 2.75) is 64.2 Å². The van der Waals surface area contributed by atoms with E-state index in [0.29, 0.717) is 0 Å². The van der Waals surface area contributed by atoms with Crippen molar-refractivity contribution in [2.75, 3.05) is 13.7 Å². The van der Waals surface area contributed by atoms with Gasteiger partial charge in [0.05, 0.1) is 6.61 Å². The molecule has 1 heteroatoms. The summed E-state index contributed by atoms with van der Waals surface area (Å²) in [5.41, 5.74) is 1.52. The largest absolute Gasteiger partial charge is 0.381 e. The van der Waals surface area contributed by atoms with Crippen LogP contribution in [-0.2, 0) is 11.2 Å². The summed E-state index contributed by atoms with van der Waals surface area (Å²) in [5.74, 6) is 3.83. The van der Waals surface area contributed by atoms with Gasteiger partial charge in [-0.15, -0.1) is 0 Å². The number of aryl methyl sites for hydroxylation is 1. The van der Waals surface area contributed by atoms with Gasteiger partial charge in [0.1, 0.15) is 0 Å². The Labute approximate surface area is 154 Å². The van der Waals surface area contributed by atoms with E-state index in [2.05, 4.69) is 42.5 Å². The van der Waals surface area contributed by atoms with Crippen LogP contribution in [0.1, 0.15) is 63.4 Å². The number of allylic oxidation sites excluding steroid dienone is 1. The number of hydrogen-bond donors (Lipinski definition) is 0. The van der Waals surface area contributed by atoms with Crippen LogP contribution in [0.5, 0.6) is 0 Å². The lowest BCUT2D eigenvalue weighted by Crippen LogP contribution is -2.25. The Hall–Kier alpha value is -1.08. The van der Waals surface area contributed by atoms with E-state index >= 15 is 0 Å². The Balaban J connectivity index is 1.34. The molecular weight excluding hydrogens is 304 g/mol. The van der Waals surface area contributed by atoms with Gasteiger partial charge in [-0.3, -0.25) is 0 Å². The van der Waals surface area contributed by atoms with Gasteiger partial charge in [0, 0.05) is 7.11 Å². The molecule has 25 heavy (non-hydrogen) atoms. The van der Waals surface area contributed by atoms with Crippen molar-refractivity contribution in [1.82, 2.24) is 0 Å². The maximum Gasteiger partial charge on any atom is 0.0643 e. The van der Waals surface area contributed by atoms with Crippen molar-refractivity contribution in [3.8, 4) is 0 Å². The van der Waals surface area contributed by atoms with E-state index in [-0.39, 0.29) is 0 Å². The molecule has 0 aliphatic heterocycles. The Morgan fingerprint density at radius 1 is 0.880 bits per heavy atom. The molecule has 0 unspecified atom stereocenters. The number of methoxy groups -OCH3 is 1. The van der Waals surface area contributed by atoms with Crippen LogP contribution in [0.4, 0.5) is 0 Å². The molecule has 3 rings (SSSR count). The molecule has 0 N–H and O–H groups in total. The number of hydrogen-bond acceptors (Lipinski definition) is 1. The summed E-state index contributed by atoms with van der Waals surface area (Å²) in [6, 6.07) is 11.0. The molecule has 1 aromatic rings. The van der Waals surface area contributed by atoms with Gasteiger partial charge in [0.25, 0.3) is 0 Å². The van der Waals surface area contributed by atoms with Crippen LogP contribution in [0.3, 0.4) is 0 Å². The third-order valence-corrected chi connectivity index (χ3v) is 6.73. The average Bonchev–Trinajstić information content (AvgIpc) is 2.68. The van der Waals surface area contributed by atoms with Gasteiger partial charge >= 0.3 is 0 Å². The van der Waals surface area contributed by atoms with Crippen molar-refractivity contribution >= 4 is 0 Å². The Bertz CT molecular complexity index is 490. The van der Waals surface area contributed by atoms with Gasteiger partial charge in [-0.05, 0) is 80.6 Å². The summed E-state index contributed by atoms with van der Waals surface area (Å²) in [4.78, 5) is 0. The normalized spacial score (nSPS) is 30.6. The number of rotatable bonds is 7. The van der Waals surface area contributed by atoms with E-state index in [9.17, 15) is 0 Å². The van der Waals surface area contributed by atoms with Crippen molar-refractivity contribution in [3.63, 3.8) is 0 Å². The van der Waals surface area contributed by atoms with E-state index in [1.54, 1.807) is 7.11 Å². The molecule has 2 aliphatic carbocycles. The molecule has 0 radical (unpaired) electrons. The SMILES string of the molecule is COCC=C[C@H]1CC[C@H]([C@H]2CC[C@H](CCc3ccccc3)CC2)CC1. The first-order valence-corrected chi connectivity index (χ1v) is 10.5. The maximum absolute atomic E-state index is 5.12. The van der Waals surface area contributed by atoms with Crippen LogP contribution in [0.15, 0.2) is 42.5 Å². The summed E-state index contributed by atoms with van der Waals surface area (Å²) >= 11 is 0. The molecule has 2 saturated carbocycles. The number of ether oxygens (including phenoxy) is 1. The standard InChI is InChI=1S/C24H36O/c1-25-19-5-8-21-11-15-23(16-12-21)24-17-13-22(14-18-24)10-9-20-6-3-2-4-7-20/h2-8,21-24H,9-19H2,1H3/t21-,22-,23-,24-. The summed E-state index contributed by atoms with van der Waals surface area (Å²) < 4.78 is 5.12. The van der Waals surface area contributed by atoms with E-state index in [1.807, 2.05) is 0 Å². The van der Waals surface area contributed by atoms with Crippen molar-refractivity contribution in [2.24, 2.45) is 23.7 Å². The van der Waals surface area contributed by atoms with E-state index in [0.717, 1.165) is 30.3 Å². The Morgan fingerprint density at radius 2 is 1.52 bits per heavy atom. The monoisotopic (exact) mass is 340 g/mol. The highest BCUT2D eigenvalue weighted by atomic mass is 16.5. The predicted molar refractivity (Wildman–Crippen MR) is 107 cm³/mol. The smallest absolute Gasteiger partial charge is 0.0643 e. The molecule has 1 aromatic carbocycles. The van der Waals surface area contributed by atoms with Crippen LogP contribution >= 0.6 is 0 Å². The van der Waals surface area contributed by atoms with E-state index < -0.39 is 0 Å². The first kappa shape index (κ1) is 18.7. The minimum atomic E-state index is 0.771.